The number of amides is 1. The van der Waals surface area contributed by atoms with E-state index in [0.29, 0.717) is 57.2 Å². The van der Waals surface area contributed by atoms with Crippen LogP contribution in [0, 0.1) is 5.82 Å². The molecule has 1 heterocycles. The highest BCUT2D eigenvalue weighted by Crippen LogP contribution is 2.28. The number of anilines is 2. The molecule has 0 spiro atoms. The number of likely N-dealkylation sites (N-methyl/N-ethyl adjacent to an activating group) is 1. The monoisotopic (exact) mass is 491 g/mol. The number of halogens is 1. The van der Waals surface area contributed by atoms with Crippen molar-refractivity contribution in [3.63, 3.8) is 0 Å². The van der Waals surface area contributed by atoms with Crippen LogP contribution in [0.15, 0.2) is 48.5 Å². The lowest BCUT2D eigenvalue weighted by Gasteiger charge is -2.41. The quantitative estimate of drug-likeness (QED) is 0.330. The second kappa shape index (κ2) is 12.7. The molecular formula is C24H34FN5O3S. The van der Waals surface area contributed by atoms with Gasteiger partial charge in [-0.2, -0.15) is 0 Å². The van der Waals surface area contributed by atoms with Crippen molar-refractivity contribution in [1.82, 2.24) is 14.5 Å². The number of carbonyl (C=O) groups excluding carboxylic acids is 1. The van der Waals surface area contributed by atoms with Gasteiger partial charge in [-0.05, 0) is 37.6 Å². The highest BCUT2D eigenvalue weighted by Gasteiger charge is 2.33. The Kier molecular flexibility index (Phi) is 9.67. The molecule has 0 aliphatic carbocycles. The van der Waals surface area contributed by atoms with Gasteiger partial charge in [0.2, 0.25) is 16.8 Å². The van der Waals surface area contributed by atoms with Gasteiger partial charge in [0.25, 0.3) is 0 Å². The number of hydrogen-bond donors (Lipinski definition) is 3. The zero-order valence-corrected chi connectivity index (χ0v) is 20.6. The molecule has 10 heteroatoms. The lowest BCUT2D eigenvalue weighted by molar-refractivity contribution is -0.137. The standard InChI is InChI=1S/C24H34FN5O3S/c1-3-28(4-2)24(31)23(19-8-6-5-7-9-19)30-16-14-29(15-17-30)22-11-10-20(18-21(22)25)26-12-13-27-34(32)33/h5-11,18,23,26,34H,3-4,12-17H2,1-2H3,(H,27,32,33). The Morgan fingerprint density at radius 2 is 1.71 bits per heavy atom. The van der Waals surface area contributed by atoms with Gasteiger partial charge in [-0.15, -0.1) is 0 Å². The summed E-state index contributed by atoms with van der Waals surface area (Å²) in [6, 6.07) is 14.5. The molecule has 34 heavy (non-hydrogen) atoms. The number of hydrogen-bond acceptors (Lipinski definition) is 6. The maximum absolute atomic E-state index is 14.8. The van der Waals surface area contributed by atoms with Crippen molar-refractivity contribution in [2.45, 2.75) is 19.9 Å². The molecule has 8 nitrogen and oxygen atoms in total. The molecule has 2 aromatic carbocycles. The summed E-state index contributed by atoms with van der Waals surface area (Å²) >= 11 is 0. The van der Waals surface area contributed by atoms with Gasteiger partial charge >= 0.3 is 0 Å². The first-order valence-electron chi connectivity index (χ1n) is 11.7. The van der Waals surface area contributed by atoms with E-state index in [1.807, 2.05) is 54.0 Å². The summed E-state index contributed by atoms with van der Waals surface area (Å²) in [5, 5.41) is 3.01. The highest BCUT2D eigenvalue weighted by molar-refractivity contribution is 7.70. The third kappa shape index (κ3) is 6.68. The molecular weight excluding hydrogens is 457 g/mol. The topological polar surface area (TPSA) is 85.0 Å². The number of rotatable bonds is 11. The average Bonchev–Trinajstić information content (AvgIpc) is 2.84. The molecule has 1 saturated heterocycles. The maximum atomic E-state index is 14.8. The molecule has 1 unspecified atom stereocenters. The molecule has 0 bridgehead atoms. The minimum Gasteiger partial charge on any atom is -0.384 e. The third-order valence-electron chi connectivity index (χ3n) is 6.09. The van der Waals surface area contributed by atoms with Crippen molar-refractivity contribution in [1.29, 1.82) is 0 Å². The van der Waals surface area contributed by atoms with Crippen molar-refractivity contribution < 1.29 is 17.6 Å². The van der Waals surface area contributed by atoms with Gasteiger partial charge < -0.3 is 15.1 Å². The predicted molar refractivity (Wildman–Crippen MR) is 134 cm³/mol. The Bertz CT molecular complexity index is 1000. The zero-order chi connectivity index (χ0) is 24.5. The van der Waals surface area contributed by atoms with Gasteiger partial charge in [-0.3, -0.25) is 9.69 Å². The summed E-state index contributed by atoms with van der Waals surface area (Å²) in [6.45, 7) is 8.41. The Morgan fingerprint density at radius 3 is 2.29 bits per heavy atom. The summed E-state index contributed by atoms with van der Waals surface area (Å²) in [4.78, 5) is 19.4. The maximum Gasteiger partial charge on any atom is 0.244 e. The van der Waals surface area contributed by atoms with E-state index in [1.54, 1.807) is 12.1 Å². The van der Waals surface area contributed by atoms with E-state index in [9.17, 15) is 17.6 Å². The Hall–Kier alpha value is -2.69. The van der Waals surface area contributed by atoms with Crippen molar-refractivity contribution in [2.24, 2.45) is 0 Å². The van der Waals surface area contributed by atoms with Crippen LogP contribution in [0.1, 0.15) is 25.5 Å². The lowest BCUT2D eigenvalue weighted by Crippen LogP contribution is -2.51. The Balaban J connectivity index is 1.66. The fourth-order valence-corrected chi connectivity index (χ4v) is 4.60. The van der Waals surface area contributed by atoms with E-state index < -0.39 is 10.9 Å². The Labute approximate surface area is 202 Å². The van der Waals surface area contributed by atoms with Crippen LogP contribution in [0.2, 0.25) is 0 Å². The minimum atomic E-state index is -2.63. The SMILES string of the molecule is CCN(CC)C(=O)C(c1ccccc1)N1CCN(c2ccc(NCCN[SH](=O)=O)cc2F)CC1. The number of nitrogens with zero attached hydrogens (tertiary/aromatic N) is 3. The van der Waals surface area contributed by atoms with Crippen LogP contribution in [-0.2, 0) is 15.7 Å². The second-order valence-corrected chi connectivity index (χ2v) is 8.94. The minimum absolute atomic E-state index is 0.0993. The molecule has 0 saturated carbocycles. The molecule has 0 aromatic heterocycles. The van der Waals surface area contributed by atoms with E-state index >= 15 is 0 Å². The smallest absolute Gasteiger partial charge is 0.244 e. The lowest BCUT2D eigenvalue weighted by atomic mass is 10.0. The first kappa shape index (κ1) is 25.9. The van der Waals surface area contributed by atoms with Crippen LogP contribution < -0.4 is 14.9 Å². The van der Waals surface area contributed by atoms with Crippen molar-refractivity contribution in [3.8, 4) is 0 Å². The summed E-state index contributed by atoms with van der Waals surface area (Å²) in [6.07, 6.45) is 0. The van der Waals surface area contributed by atoms with Gasteiger partial charge in [0.1, 0.15) is 11.9 Å². The summed E-state index contributed by atoms with van der Waals surface area (Å²) in [5.41, 5.74) is 2.10. The normalized spacial score (nSPS) is 15.4. The first-order valence-corrected chi connectivity index (χ1v) is 12.9. The number of benzene rings is 2. The van der Waals surface area contributed by atoms with Crippen LogP contribution in [0.25, 0.3) is 0 Å². The van der Waals surface area contributed by atoms with Gasteiger partial charge in [0, 0.05) is 58.0 Å². The van der Waals surface area contributed by atoms with Crippen molar-refractivity contribution >= 4 is 28.2 Å². The van der Waals surface area contributed by atoms with E-state index in [4.69, 9.17) is 0 Å². The van der Waals surface area contributed by atoms with E-state index in [1.165, 1.54) is 6.07 Å². The predicted octanol–water partition coefficient (Wildman–Crippen LogP) is 2.09. The van der Waals surface area contributed by atoms with Crippen LogP contribution in [-0.4, -0.2) is 76.5 Å². The van der Waals surface area contributed by atoms with Crippen LogP contribution in [0.3, 0.4) is 0 Å². The largest absolute Gasteiger partial charge is 0.384 e. The molecule has 2 N–H and O–H groups in total. The molecule has 1 fully saturated rings. The molecule has 186 valence electrons. The average molecular weight is 492 g/mol. The number of carbonyl (C=O) groups is 1. The van der Waals surface area contributed by atoms with Gasteiger partial charge in [-0.25, -0.2) is 17.5 Å². The van der Waals surface area contributed by atoms with Crippen LogP contribution in [0.5, 0.6) is 0 Å². The molecule has 0 radical (unpaired) electrons. The molecule has 1 aliphatic heterocycles. The number of piperazine rings is 1. The van der Waals surface area contributed by atoms with E-state index in [-0.39, 0.29) is 24.3 Å². The molecule has 3 rings (SSSR count). The van der Waals surface area contributed by atoms with Gasteiger partial charge in [0.15, 0.2) is 0 Å². The molecule has 1 atom stereocenters. The summed E-state index contributed by atoms with van der Waals surface area (Å²) in [5.74, 6) is -0.234. The van der Waals surface area contributed by atoms with E-state index in [2.05, 4.69) is 14.9 Å². The number of nitrogens with one attached hydrogen (secondary N) is 2. The van der Waals surface area contributed by atoms with Gasteiger partial charge in [-0.1, -0.05) is 30.3 Å². The fraction of sp³-hybridized carbons (Fsp3) is 0.458. The zero-order valence-electron chi connectivity index (χ0n) is 19.7. The van der Waals surface area contributed by atoms with Crippen molar-refractivity contribution in [3.05, 3.63) is 59.9 Å². The molecule has 2 aromatic rings. The van der Waals surface area contributed by atoms with Crippen LogP contribution >= 0.6 is 0 Å². The van der Waals surface area contributed by atoms with Gasteiger partial charge in [0.05, 0.1) is 5.69 Å². The second-order valence-electron chi connectivity index (χ2n) is 8.10. The van der Waals surface area contributed by atoms with Crippen molar-refractivity contribution in [2.75, 3.05) is 62.6 Å². The highest BCUT2D eigenvalue weighted by atomic mass is 32.2. The summed E-state index contributed by atoms with van der Waals surface area (Å²) in [7, 11) is -2.63. The first-order chi connectivity index (χ1) is 16.4. The molecule has 1 amide bonds. The van der Waals surface area contributed by atoms with E-state index in [0.717, 1.165) is 5.56 Å². The summed E-state index contributed by atoms with van der Waals surface area (Å²) < 4.78 is 38.2. The van der Waals surface area contributed by atoms with Crippen LogP contribution in [0.4, 0.5) is 15.8 Å². The number of thiol groups is 1. The fourth-order valence-electron chi connectivity index (χ4n) is 4.30. The molecule has 1 aliphatic rings. The third-order valence-corrected chi connectivity index (χ3v) is 6.57. The Morgan fingerprint density at radius 1 is 1.03 bits per heavy atom.